The fraction of sp³-hybridized carbons (Fsp3) is 0.857. The smallest absolute Gasteiger partial charge is 0.0964 e. The largest absolute Gasteiger partial charge is 0.311 e. The van der Waals surface area contributed by atoms with Gasteiger partial charge in [-0.2, -0.15) is 0 Å². The molecule has 1 aromatic heterocycles. The van der Waals surface area contributed by atoms with Crippen molar-refractivity contribution in [2.24, 2.45) is 0 Å². The average Bonchev–Trinajstić information content (AvgIpc) is 2.85. The van der Waals surface area contributed by atoms with Crippen LogP contribution in [0.3, 0.4) is 0 Å². The van der Waals surface area contributed by atoms with Crippen LogP contribution in [0.4, 0.5) is 0 Å². The van der Waals surface area contributed by atoms with Gasteiger partial charge in [-0.1, -0.05) is 31.9 Å². The molecule has 0 fully saturated rings. The number of hydrogen-bond acceptors (Lipinski definition) is 4. The number of nitrogens with zero attached hydrogens (tertiary/aromatic N) is 4. The molecule has 0 unspecified atom stereocenters. The number of rotatable bonds is 11. The minimum Gasteiger partial charge on any atom is -0.311 e. The van der Waals surface area contributed by atoms with Crippen LogP contribution < -0.4 is 5.32 Å². The molecule has 0 radical (unpaired) electrons. The predicted molar refractivity (Wildman–Crippen MR) is 79.0 cm³/mol. The molecule has 19 heavy (non-hydrogen) atoms. The fourth-order valence-electron chi connectivity index (χ4n) is 1.94. The molecule has 1 aromatic rings. The predicted octanol–water partition coefficient (Wildman–Crippen LogP) is 1.90. The van der Waals surface area contributed by atoms with Gasteiger partial charge in [-0.3, -0.25) is 4.68 Å². The van der Waals surface area contributed by atoms with Crippen LogP contribution in [0, 0.1) is 0 Å². The van der Waals surface area contributed by atoms with Crippen molar-refractivity contribution in [3.05, 3.63) is 11.9 Å². The van der Waals surface area contributed by atoms with E-state index in [0.29, 0.717) is 0 Å². The zero-order valence-electron chi connectivity index (χ0n) is 12.7. The van der Waals surface area contributed by atoms with Crippen LogP contribution in [0.2, 0.25) is 0 Å². The third-order valence-corrected chi connectivity index (χ3v) is 3.17. The van der Waals surface area contributed by atoms with Crippen molar-refractivity contribution in [2.45, 2.75) is 52.6 Å². The molecule has 0 bridgehead atoms. The highest BCUT2D eigenvalue weighted by molar-refractivity contribution is 4.91. The van der Waals surface area contributed by atoms with Gasteiger partial charge in [0.25, 0.3) is 0 Å². The van der Waals surface area contributed by atoms with Gasteiger partial charge < -0.3 is 10.2 Å². The Morgan fingerprint density at radius 3 is 2.79 bits per heavy atom. The van der Waals surface area contributed by atoms with Gasteiger partial charge in [0.05, 0.1) is 12.2 Å². The summed E-state index contributed by atoms with van der Waals surface area (Å²) < 4.78 is 1.94. The lowest BCUT2D eigenvalue weighted by molar-refractivity contribution is 0.304. The molecule has 0 aliphatic carbocycles. The summed E-state index contributed by atoms with van der Waals surface area (Å²) >= 11 is 0. The van der Waals surface area contributed by atoms with Gasteiger partial charge in [0.15, 0.2) is 0 Å². The molecule has 0 amide bonds. The van der Waals surface area contributed by atoms with E-state index in [1.807, 2.05) is 10.9 Å². The first-order valence-corrected chi connectivity index (χ1v) is 7.54. The second-order valence-electron chi connectivity index (χ2n) is 5.16. The summed E-state index contributed by atoms with van der Waals surface area (Å²) in [5.74, 6) is 0. The van der Waals surface area contributed by atoms with Crippen LogP contribution in [0.5, 0.6) is 0 Å². The summed E-state index contributed by atoms with van der Waals surface area (Å²) in [5, 5.41) is 11.7. The molecule has 110 valence electrons. The van der Waals surface area contributed by atoms with Crippen LogP contribution in [-0.2, 0) is 13.1 Å². The quantitative estimate of drug-likeness (QED) is 0.622. The lowest BCUT2D eigenvalue weighted by Crippen LogP contribution is -2.24. The minimum atomic E-state index is 0.820. The molecule has 1 heterocycles. The Morgan fingerprint density at radius 2 is 2.05 bits per heavy atom. The number of aromatic nitrogens is 3. The lowest BCUT2D eigenvalue weighted by Gasteiger charge is -2.15. The maximum absolute atomic E-state index is 4.17. The van der Waals surface area contributed by atoms with Crippen molar-refractivity contribution in [1.29, 1.82) is 0 Å². The minimum absolute atomic E-state index is 0.820. The summed E-state index contributed by atoms with van der Waals surface area (Å²) in [5.41, 5.74) is 1.03. The van der Waals surface area contributed by atoms with Crippen LogP contribution in [0.15, 0.2) is 6.20 Å². The number of unbranched alkanes of at least 4 members (excludes halogenated alkanes) is 2. The summed E-state index contributed by atoms with van der Waals surface area (Å²) in [6.45, 7) is 9.39. The highest BCUT2D eigenvalue weighted by Crippen LogP contribution is 1.98. The molecule has 0 atom stereocenters. The summed E-state index contributed by atoms with van der Waals surface area (Å²) in [6, 6.07) is 0. The summed E-state index contributed by atoms with van der Waals surface area (Å²) in [7, 11) is 2.18. The Balaban J connectivity index is 2.18. The molecule has 1 N–H and O–H groups in total. The average molecular weight is 267 g/mol. The maximum atomic E-state index is 4.17. The van der Waals surface area contributed by atoms with Gasteiger partial charge in [0.2, 0.25) is 0 Å². The second kappa shape index (κ2) is 9.92. The van der Waals surface area contributed by atoms with Crippen molar-refractivity contribution in [3.63, 3.8) is 0 Å². The van der Waals surface area contributed by atoms with Crippen molar-refractivity contribution in [1.82, 2.24) is 25.2 Å². The second-order valence-corrected chi connectivity index (χ2v) is 5.16. The van der Waals surface area contributed by atoms with E-state index in [-0.39, 0.29) is 0 Å². The molecule has 5 heteroatoms. The van der Waals surface area contributed by atoms with Gasteiger partial charge in [-0.05, 0) is 33.0 Å². The maximum Gasteiger partial charge on any atom is 0.0964 e. The van der Waals surface area contributed by atoms with Gasteiger partial charge in [-0.15, -0.1) is 5.10 Å². The van der Waals surface area contributed by atoms with Gasteiger partial charge in [0.1, 0.15) is 0 Å². The molecule has 5 nitrogen and oxygen atoms in total. The standard InChI is InChI=1S/C14H29N5/c1-4-6-7-9-18(3)10-11-19-13-14(16-17-19)12-15-8-5-2/h13,15H,4-12H2,1-3H3. The number of likely N-dealkylation sites (N-methyl/N-ethyl adjacent to an activating group) is 1. The SMILES string of the molecule is CCCCCN(C)CCn1cc(CNCCC)nn1. The van der Waals surface area contributed by atoms with E-state index in [9.17, 15) is 0 Å². The number of hydrogen-bond donors (Lipinski definition) is 1. The zero-order valence-corrected chi connectivity index (χ0v) is 12.7. The molecule has 1 rings (SSSR count). The van der Waals surface area contributed by atoms with Crippen LogP contribution in [-0.4, -0.2) is 46.6 Å². The van der Waals surface area contributed by atoms with E-state index in [4.69, 9.17) is 0 Å². The van der Waals surface area contributed by atoms with Crippen molar-refractivity contribution >= 4 is 0 Å². The molecule has 0 saturated carbocycles. The van der Waals surface area contributed by atoms with E-state index in [0.717, 1.165) is 38.3 Å². The van der Waals surface area contributed by atoms with Gasteiger partial charge >= 0.3 is 0 Å². The van der Waals surface area contributed by atoms with E-state index in [2.05, 4.69) is 41.4 Å². The van der Waals surface area contributed by atoms with Crippen LogP contribution in [0.25, 0.3) is 0 Å². The third-order valence-electron chi connectivity index (χ3n) is 3.17. The molecule has 0 aromatic carbocycles. The van der Waals surface area contributed by atoms with Crippen LogP contribution in [0.1, 0.15) is 45.2 Å². The Labute approximate surface area is 117 Å². The Morgan fingerprint density at radius 1 is 1.21 bits per heavy atom. The molecule has 0 saturated heterocycles. The summed E-state index contributed by atoms with van der Waals surface area (Å²) in [6.07, 6.45) is 7.09. The van der Waals surface area contributed by atoms with E-state index >= 15 is 0 Å². The van der Waals surface area contributed by atoms with E-state index in [1.165, 1.54) is 25.8 Å². The first-order valence-electron chi connectivity index (χ1n) is 7.54. The first kappa shape index (κ1) is 16.1. The highest BCUT2D eigenvalue weighted by atomic mass is 15.4. The normalized spacial score (nSPS) is 11.4. The van der Waals surface area contributed by atoms with Gasteiger partial charge in [-0.25, -0.2) is 0 Å². The van der Waals surface area contributed by atoms with E-state index < -0.39 is 0 Å². The Bertz CT molecular complexity index is 323. The van der Waals surface area contributed by atoms with Crippen molar-refractivity contribution < 1.29 is 0 Å². The van der Waals surface area contributed by atoms with Crippen molar-refractivity contribution in [2.75, 3.05) is 26.7 Å². The first-order chi connectivity index (χ1) is 9.26. The monoisotopic (exact) mass is 267 g/mol. The Kier molecular flexibility index (Phi) is 8.41. The molecular weight excluding hydrogens is 238 g/mol. The fourth-order valence-corrected chi connectivity index (χ4v) is 1.94. The van der Waals surface area contributed by atoms with E-state index in [1.54, 1.807) is 0 Å². The highest BCUT2D eigenvalue weighted by Gasteiger charge is 2.02. The number of nitrogens with one attached hydrogen (secondary N) is 1. The molecule has 0 aliphatic rings. The molecule has 0 spiro atoms. The lowest BCUT2D eigenvalue weighted by atomic mass is 10.2. The zero-order chi connectivity index (χ0) is 13.9. The van der Waals surface area contributed by atoms with Gasteiger partial charge in [0, 0.05) is 19.3 Å². The third kappa shape index (κ3) is 7.28. The topological polar surface area (TPSA) is 46.0 Å². The molecule has 0 aliphatic heterocycles. The van der Waals surface area contributed by atoms with Crippen molar-refractivity contribution in [3.8, 4) is 0 Å². The summed E-state index contributed by atoms with van der Waals surface area (Å²) in [4.78, 5) is 2.37. The Hall–Kier alpha value is -0.940. The van der Waals surface area contributed by atoms with Crippen LogP contribution >= 0.6 is 0 Å². The molecular formula is C14H29N5.